The molecular formula is C31H46N2O2. The molecule has 4 heteroatoms. The Balaban J connectivity index is 1.34. The van der Waals surface area contributed by atoms with Gasteiger partial charge in [0.25, 0.3) is 0 Å². The van der Waals surface area contributed by atoms with E-state index in [4.69, 9.17) is 8.85 Å². The van der Waals surface area contributed by atoms with E-state index in [9.17, 15) is 4.79 Å². The maximum Gasteiger partial charge on any atom is 0.311 e. The maximum atomic E-state index is 12.6. The SMILES string of the molecule is [2H]C([2H])([2H])N1CCC(c2c[nH]c3cccc(OC(=O)CCCCCCC/C=C\C/C=C\CCCCC)c23)C1. The van der Waals surface area contributed by atoms with Gasteiger partial charge in [-0.15, -0.1) is 0 Å². The molecule has 1 aromatic carbocycles. The molecule has 1 saturated heterocycles. The smallest absolute Gasteiger partial charge is 0.311 e. The van der Waals surface area contributed by atoms with Crippen LogP contribution in [0.4, 0.5) is 0 Å². The molecule has 1 aliphatic heterocycles. The van der Waals surface area contributed by atoms with Crippen molar-refractivity contribution in [2.45, 2.75) is 96.3 Å². The molecule has 1 aromatic heterocycles. The number of likely N-dealkylation sites (N-methyl/N-ethyl adjacent to an activating group) is 1. The number of aromatic nitrogens is 1. The summed E-state index contributed by atoms with van der Waals surface area (Å²) in [7, 11) is 0. The van der Waals surface area contributed by atoms with Crippen molar-refractivity contribution in [3.8, 4) is 5.75 Å². The number of nitrogens with zero attached hydrogens (tertiary/aromatic N) is 1. The number of benzene rings is 1. The highest BCUT2D eigenvalue weighted by Crippen LogP contribution is 2.37. The van der Waals surface area contributed by atoms with Gasteiger partial charge in [0.05, 0.1) is 0 Å². The minimum Gasteiger partial charge on any atom is -0.426 e. The monoisotopic (exact) mass is 481 g/mol. The second-order valence-corrected chi connectivity index (χ2v) is 9.81. The number of H-pyrrole nitrogens is 1. The van der Waals surface area contributed by atoms with Crippen molar-refractivity contribution in [2.24, 2.45) is 0 Å². The second kappa shape index (κ2) is 15.6. The molecule has 2 heterocycles. The number of unbranched alkanes of at least 4 members (excludes halogenated alkanes) is 8. The Morgan fingerprint density at radius 2 is 1.86 bits per heavy atom. The van der Waals surface area contributed by atoms with E-state index >= 15 is 0 Å². The van der Waals surface area contributed by atoms with Gasteiger partial charge in [0, 0.05) is 40.1 Å². The molecule has 1 atom stereocenters. The standard InChI is InChI=1S/C31H46N2O2/c1-3-4-5-6-7-8-9-10-11-12-13-14-15-16-17-21-30(34)35-29-20-18-19-28-31(29)27(24-32-28)26-22-23-33(2)25-26/h7-8,10-11,18-20,24,26,32H,3-6,9,12-17,21-23,25H2,1-2H3/b8-7-,11-10-/i2D3. The quantitative estimate of drug-likeness (QED) is 0.113. The molecule has 0 bridgehead atoms. The molecule has 0 spiro atoms. The third-order valence-electron chi connectivity index (χ3n) is 6.88. The van der Waals surface area contributed by atoms with E-state index in [0.29, 0.717) is 25.3 Å². The fourth-order valence-corrected chi connectivity index (χ4v) is 4.85. The molecule has 0 saturated carbocycles. The average molecular weight is 482 g/mol. The van der Waals surface area contributed by atoms with E-state index in [1.54, 1.807) is 4.90 Å². The van der Waals surface area contributed by atoms with Crippen LogP contribution in [0.15, 0.2) is 48.7 Å². The van der Waals surface area contributed by atoms with Crippen molar-refractivity contribution in [3.05, 3.63) is 54.3 Å². The van der Waals surface area contributed by atoms with E-state index in [1.807, 2.05) is 24.4 Å². The third-order valence-corrected chi connectivity index (χ3v) is 6.88. The number of fused-ring (bicyclic) bond motifs is 1. The number of hydrogen-bond acceptors (Lipinski definition) is 3. The lowest BCUT2D eigenvalue weighted by Gasteiger charge is -2.12. The van der Waals surface area contributed by atoms with E-state index in [2.05, 4.69) is 36.2 Å². The number of likely N-dealkylation sites (tertiary alicyclic amines) is 1. The molecule has 0 aliphatic carbocycles. The molecule has 1 aliphatic rings. The number of nitrogens with one attached hydrogen (secondary N) is 1. The van der Waals surface area contributed by atoms with Crippen LogP contribution in [0, 0.1) is 0 Å². The Kier molecular flexibility index (Phi) is 10.3. The summed E-state index contributed by atoms with van der Waals surface area (Å²) in [5, 5.41) is 0.901. The number of esters is 1. The molecule has 192 valence electrons. The predicted molar refractivity (Wildman–Crippen MR) is 148 cm³/mol. The van der Waals surface area contributed by atoms with Gasteiger partial charge >= 0.3 is 5.97 Å². The van der Waals surface area contributed by atoms with E-state index < -0.39 is 6.98 Å². The first kappa shape index (κ1) is 23.1. The second-order valence-electron chi connectivity index (χ2n) is 9.81. The average Bonchev–Trinajstić information content (AvgIpc) is 3.54. The summed E-state index contributed by atoms with van der Waals surface area (Å²) in [4.78, 5) is 17.4. The van der Waals surface area contributed by atoms with Crippen LogP contribution in [0.1, 0.15) is 106 Å². The minimum atomic E-state index is -2.07. The van der Waals surface area contributed by atoms with Crippen molar-refractivity contribution in [2.75, 3.05) is 20.1 Å². The van der Waals surface area contributed by atoms with E-state index in [1.165, 1.54) is 38.5 Å². The summed E-state index contributed by atoms with van der Waals surface area (Å²) in [6.45, 7) is 1.19. The van der Waals surface area contributed by atoms with E-state index in [-0.39, 0.29) is 11.9 Å². The minimum absolute atomic E-state index is 0.103. The van der Waals surface area contributed by atoms with Crippen LogP contribution in [0.2, 0.25) is 0 Å². The lowest BCUT2D eigenvalue weighted by atomic mass is 9.97. The summed E-state index contributed by atoms with van der Waals surface area (Å²) in [6, 6.07) is 5.68. The molecule has 35 heavy (non-hydrogen) atoms. The Bertz CT molecular complexity index is 1040. The molecule has 3 rings (SSSR count). The molecule has 1 N–H and O–H groups in total. The Morgan fingerprint density at radius 3 is 2.63 bits per heavy atom. The Labute approximate surface area is 217 Å². The normalized spacial score (nSPS) is 18.4. The molecule has 2 aromatic rings. The van der Waals surface area contributed by atoms with Crippen LogP contribution in [0.3, 0.4) is 0 Å². The largest absolute Gasteiger partial charge is 0.426 e. The van der Waals surface area contributed by atoms with Crippen molar-refractivity contribution in [1.29, 1.82) is 0 Å². The molecule has 0 radical (unpaired) electrons. The highest BCUT2D eigenvalue weighted by atomic mass is 16.5. The number of carbonyl (C=O) groups is 1. The van der Waals surface area contributed by atoms with Crippen LogP contribution < -0.4 is 4.74 Å². The summed E-state index contributed by atoms with van der Waals surface area (Å²) in [5.41, 5.74) is 1.95. The van der Waals surface area contributed by atoms with Gasteiger partial charge in [-0.05, 0) is 76.2 Å². The number of ether oxygens (including phenoxy) is 1. The fraction of sp³-hybridized carbons (Fsp3) is 0.581. The zero-order valence-corrected chi connectivity index (χ0v) is 21.6. The molecular weight excluding hydrogens is 432 g/mol. The van der Waals surface area contributed by atoms with Gasteiger partial charge in [-0.1, -0.05) is 69.4 Å². The topological polar surface area (TPSA) is 45.3 Å². The van der Waals surface area contributed by atoms with Crippen molar-refractivity contribution in [1.82, 2.24) is 9.88 Å². The highest BCUT2D eigenvalue weighted by molar-refractivity contribution is 5.92. The highest BCUT2D eigenvalue weighted by Gasteiger charge is 2.25. The van der Waals surface area contributed by atoms with Gasteiger partial charge in [-0.3, -0.25) is 4.79 Å². The summed E-state index contributed by atoms with van der Waals surface area (Å²) >= 11 is 0. The zero-order chi connectivity index (χ0) is 27.2. The maximum absolute atomic E-state index is 12.6. The molecule has 1 unspecified atom stereocenters. The van der Waals surface area contributed by atoms with Crippen molar-refractivity contribution >= 4 is 16.9 Å². The van der Waals surface area contributed by atoms with Gasteiger partial charge in [-0.25, -0.2) is 0 Å². The van der Waals surface area contributed by atoms with Crippen molar-refractivity contribution < 1.29 is 13.6 Å². The number of carbonyl (C=O) groups excluding carboxylic acids is 1. The number of hydrogen-bond donors (Lipinski definition) is 1. The summed E-state index contributed by atoms with van der Waals surface area (Å²) in [6.07, 6.45) is 24.9. The Hall–Kier alpha value is -2.33. The summed E-state index contributed by atoms with van der Waals surface area (Å²) < 4.78 is 28.9. The lowest BCUT2D eigenvalue weighted by molar-refractivity contribution is -0.134. The molecule has 4 nitrogen and oxygen atoms in total. The van der Waals surface area contributed by atoms with Crippen molar-refractivity contribution in [3.63, 3.8) is 0 Å². The number of aromatic amines is 1. The first-order chi connectivity index (χ1) is 18.4. The predicted octanol–water partition coefficient (Wildman–Crippen LogP) is 8.31. The molecule has 1 fully saturated rings. The van der Waals surface area contributed by atoms with Crippen LogP contribution >= 0.6 is 0 Å². The number of allylic oxidation sites excluding steroid dienone is 4. The summed E-state index contributed by atoms with van der Waals surface area (Å²) in [5.74, 6) is 0.468. The van der Waals surface area contributed by atoms with Crippen LogP contribution in [-0.4, -0.2) is 35.9 Å². The van der Waals surface area contributed by atoms with Gasteiger partial charge in [0.1, 0.15) is 5.75 Å². The molecule has 0 amide bonds. The van der Waals surface area contributed by atoms with E-state index in [0.717, 1.165) is 55.0 Å². The van der Waals surface area contributed by atoms with Crippen LogP contribution in [0.25, 0.3) is 10.9 Å². The van der Waals surface area contributed by atoms with Crippen LogP contribution in [-0.2, 0) is 4.79 Å². The van der Waals surface area contributed by atoms with Gasteiger partial charge in [-0.2, -0.15) is 0 Å². The zero-order valence-electron chi connectivity index (χ0n) is 24.6. The van der Waals surface area contributed by atoms with Gasteiger partial charge in [0.2, 0.25) is 0 Å². The first-order valence-corrected chi connectivity index (χ1v) is 13.8. The van der Waals surface area contributed by atoms with Gasteiger partial charge < -0.3 is 14.6 Å². The first-order valence-electron chi connectivity index (χ1n) is 15.3. The van der Waals surface area contributed by atoms with Gasteiger partial charge in [0.15, 0.2) is 0 Å². The fourth-order valence-electron chi connectivity index (χ4n) is 4.85. The Morgan fingerprint density at radius 1 is 1.09 bits per heavy atom. The lowest BCUT2D eigenvalue weighted by Crippen LogP contribution is -2.13. The number of rotatable bonds is 16. The van der Waals surface area contributed by atoms with Crippen LogP contribution in [0.5, 0.6) is 5.75 Å². The third kappa shape index (κ3) is 9.33.